The largest absolute Gasteiger partial charge is 0.298 e. The molecular weight excluding hydrogens is 238 g/mol. The van der Waals surface area contributed by atoms with Crippen molar-refractivity contribution < 1.29 is 13.6 Å². The molecule has 1 rings (SSSR count). The zero-order chi connectivity index (χ0) is 13.7. The number of nitriles is 1. The topological polar surface area (TPSA) is 53.2 Å². The van der Waals surface area contributed by atoms with Crippen LogP contribution in [-0.2, 0) is 0 Å². The molecule has 1 aromatic carbocycles. The molecule has 5 heteroatoms. The minimum Gasteiger partial charge on any atom is -0.298 e. The highest BCUT2D eigenvalue weighted by molar-refractivity contribution is 6.09. The van der Waals surface area contributed by atoms with Crippen molar-refractivity contribution in [3.63, 3.8) is 0 Å². The van der Waals surface area contributed by atoms with Crippen LogP contribution < -0.4 is 0 Å². The number of carbonyl (C=O) groups is 1. The Hall–Kier alpha value is -2.61. The summed E-state index contributed by atoms with van der Waals surface area (Å²) in [5.41, 5.74) is -0.517. The summed E-state index contributed by atoms with van der Waals surface area (Å²) in [5.74, 6) is -2.42. The van der Waals surface area contributed by atoms with Crippen LogP contribution in [0.15, 0.2) is 36.0 Å². The van der Waals surface area contributed by atoms with Gasteiger partial charge >= 0.3 is 0 Å². The summed E-state index contributed by atoms with van der Waals surface area (Å²) in [5, 5.41) is 8.42. The molecule has 0 radical (unpaired) electrons. The maximum Gasteiger partial charge on any atom is 0.169 e. The van der Waals surface area contributed by atoms with Crippen LogP contribution in [0, 0.1) is 23.0 Å². The molecular formula is C13H8F2N2O. The van der Waals surface area contributed by atoms with Gasteiger partial charge in [0, 0.05) is 11.8 Å². The first-order valence-electron chi connectivity index (χ1n) is 4.76. The maximum absolute atomic E-state index is 13.6. The number of nitrogens with zero attached hydrogens (tertiary/aromatic N) is 2. The first-order chi connectivity index (χ1) is 8.51. The number of carbonyl (C=O) groups excluding carboxylic acids is 1. The van der Waals surface area contributed by atoms with Gasteiger partial charge in [0.2, 0.25) is 0 Å². The maximum atomic E-state index is 13.6. The van der Waals surface area contributed by atoms with E-state index in [0.717, 1.165) is 12.3 Å². The van der Waals surface area contributed by atoms with Gasteiger partial charge in [0.1, 0.15) is 11.8 Å². The lowest BCUT2D eigenvalue weighted by Crippen LogP contribution is -1.98. The van der Waals surface area contributed by atoms with Crippen molar-refractivity contribution >= 4 is 18.1 Å². The zero-order valence-electron chi connectivity index (χ0n) is 9.28. The average Bonchev–Trinajstić information content (AvgIpc) is 2.38. The van der Waals surface area contributed by atoms with Crippen molar-refractivity contribution in [2.24, 2.45) is 4.99 Å². The fraction of sp³-hybridized carbons (Fsp3) is 0. The van der Waals surface area contributed by atoms with Crippen molar-refractivity contribution in [2.45, 2.75) is 0 Å². The lowest BCUT2D eigenvalue weighted by Gasteiger charge is -2.04. The Balaban J connectivity index is 3.13. The van der Waals surface area contributed by atoms with Crippen molar-refractivity contribution in [3.8, 4) is 6.07 Å². The molecule has 18 heavy (non-hydrogen) atoms. The quantitative estimate of drug-likeness (QED) is 0.466. The van der Waals surface area contributed by atoms with Gasteiger partial charge in [-0.15, -0.1) is 0 Å². The SMILES string of the molecule is C=C(C#N)N=CC(=C)c1ccc(C=O)c(F)c1F. The predicted octanol–water partition coefficient (Wildman–Crippen LogP) is 2.90. The monoisotopic (exact) mass is 246 g/mol. The molecule has 0 aliphatic carbocycles. The molecule has 0 fully saturated rings. The van der Waals surface area contributed by atoms with Crippen LogP contribution in [0.25, 0.3) is 5.57 Å². The summed E-state index contributed by atoms with van der Waals surface area (Å²) in [6.45, 7) is 6.79. The molecule has 0 amide bonds. The van der Waals surface area contributed by atoms with Gasteiger partial charge in [-0.2, -0.15) is 5.26 Å². The number of benzene rings is 1. The Morgan fingerprint density at radius 2 is 2.00 bits per heavy atom. The molecule has 0 aliphatic heterocycles. The van der Waals surface area contributed by atoms with Crippen LogP contribution in [0.4, 0.5) is 8.78 Å². The average molecular weight is 246 g/mol. The summed E-state index contributed by atoms with van der Waals surface area (Å²) in [6.07, 6.45) is 1.32. The van der Waals surface area contributed by atoms with E-state index in [4.69, 9.17) is 5.26 Å². The van der Waals surface area contributed by atoms with E-state index in [0.29, 0.717) is 0 Å². The van der Waals surface area contributed by atoms with E-state index >= 15 is 0 Å². The standard InChI is InChI=1S/C13H8F2N2O/c1-8(6-17-9(2)5-16)11-4-3-10(7-18)12(14)13(11)15/h3-4,6-7H,1-2H2. The van der Waals surface area contributed by atoms with Crippen LogP contribution in [-0.4, -0.2) is 12.5 Å². The predicted molar refractivity (Wildman–Crippen MR) is 64.0 cm³/mol. The van der Waals surface area contributed by atoms with Crippen LogP contribution in [0.5, 0.6) is 0 Å². The zero-order valence-corrected chi connectivity index (χ0v) is 9.28. The first-order valence-corrected chi connectivity index (χ1v) is 4.76. The number of hydrogen-bond donors (Lipinski definition) is 0. The highest BCUT2D eigenvalue weighted by atomic mass is 19.2. The van der Waals surface area contributed by atoms with Gasteiger partial charge in [-0.05, 0) is 11.6 Å². The molecule has 90 valence electrons. The second-order valence-corrected chi connectivity index (χ2v) is 3.29. The smallest absolute Gasteiger partial charge is 0.169 e. The van der Waals surface area contributed by atoms with E-state index in [9.17, 15) is 13.6 Å². The summed E-state index contributed by atoms with van der Waals surface area (Å²) in [4.78, 5) is 14.0. The third-order valence-electron chi connectivity index (χ3n) is 2.09. The van der Waals surface area contributed by atoms with E-state index in [1.165, 1.54) is 6.07 Å². The van der Waals surface area contributed by atoms with E-state index in [1.54, 1.807) is 6.07 Å². The van der Waals surface area contributed by atoms with Crippen molar-refractivity contribution in [2.75, 3.05) is 0 Å². The molecule has 0 unspecified atom stereocenters. The van der Waals surface area contributed by atoms with Gasteiger partial charge < -0.3 is 0 Å². The van der Waals surface area contributed by atoms with Gasteiger partial charge in [0.25, 0.3) is 0 Å². The lowest BCUT2D eigenvalue weighted by atomic mass is 10.0. The minimum absolute atomic E-state index is 0.0697. The number of hydrogen-bond acceptors (Lipinski definition) is 3. The molecule has 1 aromatic rings. The number of aliphatic imine (C=N–C) groups is 1. The normalized spacial score (nSPS) is 10.1. The molecule has 0 atom stereocenters. The third kappa shape index (κ3) is 2.74. The summed E-state index contributed by atoms with van der Waals surface area (Å²) in [7, 11) is 0. The van der Waals surface area contributed by atoms with Crippen LogP contribution in [0.1, 0.15) is 15.9 Å². The lowest BCUT2D eigenvalue weighted by molar-refractivity contribution is 0.111. The van der Waals surface area contributed by atoms with Gasteiger partial charge in [-0.3, -0.25) is 4.79 Å². The molecule has 0 saturated carbocycles. The third-order valence-corrected chi connectivity index (χ3v) is 2.09. The molecule has 0 heterocycles. The van der Waals surface area contributed by atoms with E-state index in [1.807, 2.05) is 0 Å². The Labute approximate surface area is 102 Å². The van der Waals surface area contributed by atoms with Gasteiger partial charge in [0.05, 0.1) is 5.56 Å². The Bertz CT molecular complexity index is 598. The number of allylic oxidation sites excluding steroid dienone is 2. The molecule has 0 aliphatic rings. The fourth-order valence-electron chi connectivity index (χ4n) is 1.16. The van der Waals surface area contributed by atoms with Crippen LogP contribution in [0.3, 0.4) is 0 Å². The minimum atomic E-state index is -1.24. The van der Waals surface area contributed by atoms with E-state index < -0.39 is 11.6 Å². The highest BCUT2D eigenvalue weighted by Gasteiger charge is 2.13. The van der Waals surface area contributed by atoms with Crippen molar-refractivity contribution in [3.05, 3.63) is 53.7 Å². The van der Waals surface area contributed by atoms with Crippen molar-refractivity contribution in [1.82, 2.24) is 0 Å². The Morgan fingerprint density at radius 3 is 2.56 bits per heavy atom. The summed E-state index contributed by atoms with van der Waals surface area (Å²) in [6, 6.07) is 4.02. The first kappa shape index (κ1) is 13.5. The van der Waals surface area contributed by atoms with E-state index in [-0.39, 0.29) is 28.7 Å². The number of aldehydes is 1. The highest BCUT2D eigenvalue weighted by Crippen LogP contribution is 2.20. The summed E-state index contributed by atoms with van der Waals surface area (Å²) >= 11 is 0. The fourth-order valence-corrected chi connectivity index (χ4v) is 1.16. The van der Waals surface area contributed by atoms with Gasteiger partial charge in [0.15, 0.2) is 17.9 Å². The molecule has 0 spiro atoms. The molecule has 3 nitrogen and oxygen atoms in total. The van der Waals surface area contributed by atoms with Gasteiger partial charge in [-0.1, -0.05) is 19.2 Å². The second kappa shape index (κ2) is 5.64. The molecule has 0 aromatic heterocycles. The van der Waals surface area contributed by atoms with Crippen LogP contribution in [0.2, 0.25) is 0 Å². The Kier molecular flexibility index (Phi) is 4.22. The number of rotatable bonds is 4. The molecule has 0 saturated heterocycles. The molecule has 0 N–H and O–H groups in total. The Morgan fingerprint density at radius 1 is 1.33 bits per heavy atom. The summed E-state index contributed by atoms with van der Waals surface area (Å²) < 4.78 is 26.9. The van der Waals surface area contributed by atoms with Gasteiger partial charge in [-0.25, -0.2) is 13.8 Å². The molecule has 0 bridgehead atoms. The van der Waals surface area contributed by atoms with Crippen molar-refractivity contribution in [1.29, 1.82) is 5.26 Å². The van der Waals surface area contributed by atoms with Crippen LogP contribution >= 0.6 is 0 Å². The second-order valence-electron chi connectivity index (χ2n) is 3.29. The number of halogens is 2. The van der Waals surface area contributed by atoms with E-state index in [2.05, 4.69) is 18.2 Å².